The number of hydrogen-bond donors (Lipinski definition) is 8. The lowest BCUT2D eigenvalue weighted by atomic mass is 9.43. The second kappa shape index (κ2) is 27.5. The minimum Gasteiger partial charge on any atom is -0.481 e. The first kappa shape index (κ1) is 68.7. The third-order valence-corrected chi connectivity index (χ3v) is 23.7. The van der Waals surface area contributed by atoms with Gasteiger partial charge in [-0.25, -0.2) is 4.79 Å². The maximum Gasteiger partial charge on any atom is 0.333 e. The molecule has 11 fully saturated rings. The Bertz CT molecular complexity index is 2140. The Kier molecular flexibility index (Phi) is 23.3. The lowest BCUT2D eigenvalue weighted by molar-refractivity contribution is -0.207. The summed E-state index contributed by atoms with van der Waals surface area (Å²) < 4.78 is 4.94. The third kappa shape index (κ3) is 13.3. The van der Waals surface area contributed by atoms with Gasteiger partial charge in [0.15, 0.2) is 0 Å². The van der Waals surface area contributed by atoms with Crippen molar-refractivity contribution in [2.45, 2.75) is 255 Å². The first-order valence-corrected chi connectivity index (χ1v) is 30.3. The summed E-state index contributed by atoms with van der Waals surface area (Å²) in [6, 6.07) is 0. The van der Waals surface area contributed by atoms with Crippen molar-refractivity contribution >= 4 is 35.6 Å². The number of aliphatic hydroxyl groups excluding tert-OH is 6. The predicted octanol–water partition coefficient (Wildman–Crippen LogP) is 8.65. The Morgan fingerprint density at radius 2 is 0.963 bits per heavy atom. The minimum absolute atomic E-state index is 0. The van der Waals surface area contributed by atoms with Crippen LogP contribution in [0.2, 0.25) is 0 Å². The van der Waals surface area contributed by atoms with Crippen LogP contribution < -0.4 is 0 Å². The number of fused-ring (bicyclic) bond motifs is 10. The van der Waals surface area contributed by atoms with Gasteiger partial charge in [0.1, 0.15) is 0 Å². The molecule has 0 bridgehead atoms. The van der Waals surface area contributed by atoms with E-state index in [1.807, 2.05) is 0 Å². The highest BCUT2D eigenvalue weighted by Gasteiger charge is 2.67. The summed E-state index contributed by atoms with van der Waals surface area (Å²) in [6.07, 6.45) is 14.4. The molecule has 0 aromatic heterocycles. The van der Waals surface area contributed by atoms with Crippen molar-refractivity contribution in [3.8, 4) is 0 Å². The van der Waals surface area contributed by atoms with Gasteiger partial charge >= 0.3 is 11.9 Å². The van der Waals surface area contributed by atoms with Crippen LogP contribution in [0.3, 0.4) is 0 Å². The van der Waals surface area contributed by atoms with Crippen LogP contribution >= 0.6 is 0 Å². The number of imide groups is 2. The molecule has 8 N–H and O–H groups in total. The summed E-state index contributed by atoms with van der Waals surface area (Å²) in [5, 5.41) is 84.5. The van der Waals surface area contributed by atoms with Crippen LogP contribution in [0.4, 0.5) is 0 Å². The second-order valence-corrected chi connectivity index (χ2v) is 27.4. The van der Waals surface area contributed by atoms with Gasteiger partial charge < -0.3 is 45.3 Å². The molecule has 466 valence electrons. The molecule has 4 amide bonds. The second-order valence-electron chi connectivity index (χ2n) is 27.4. The zero-order chi connectivity index (χ0) is 56.8. The quantitative estimate of drug-likeness (QED) is 0.0791. The van der Waals surface area contributed by atoms with E-state index in [1.165, 1.54) is 12.8 Å². The van der Waals surface area contributed by atoms with Crippen LogP contribution in [0.25, 0.3) is 0 Å². The topological polar surface area (TPSA) is 289 Å². The molecule has 18 nitrogen and oxygen atoms in total. The van der Waals surface area contributed by atoms with Gasteiger partial charge in [-0.1, -0.05) is 63.8 Å². The number of aliphatic hydroxyl groups is 6. The van der Waals surface area contributed by atoms with Gasteiger partial charge in [-0.15, -0.1) is 5.06 Å². The van der Waals surface area contributed by atoms with E-state index < -0.39 is 53.9 Å². The smallest absolute Gasteiger partial charge is 0.333 e. The van der Waals surface area contributed by atoms with E-state index in [9.17, 15) is 59.4 Å². The predicted molar refractivity (Wildman–Crippen MR) is 303 cm³/mol. The summed E-state index contributed by atoms with van der Waals surface area (Å²) in [4.78, 5) is 72.5. The Morgan fingerprint density at radius 3 is 1.32 bits per heavy atom. The number of hydrogen-bond acceptors (Lipinski definition) is 15. The van der Waals surface area contributed by atoms with Gasteiger partial charge in [0.2, 0.25) is 0 Å². The number of hydroxylamine groups is 4. The van der Waals surface area contributed by atoms with E-state index in [4.69, 9.17) is 19.9 Å². The van der Waals surface area contributed by atoms with E-state index in [0.29, 0.717) is 53.9 Å². The molecular formula is C63H108N2O16. The number of carboxylic acid groups (broad SMARTS) is 1. The van der Waals surface area contributed by atoms with Crippen molar-refractivity contribution in [3.05, 3.63) is 0 Å². The number of nitrogens with zero attached hydrogens (tertiary/aromatic N) is 2. The molecule has 11 aliphatic rings. The molecule has 3 aliphatic heterocycles. The molecular weight excluding hydrogens is 1040 g/mol. The van der Waals surface area contributed by atoms with Gasteiger partial charge in [-0.2, -0.15) is 5.06 Å². The Morgan fingerprint density at radius 1 is 0.568 bits per heavy atom. The fourth-order valence-electron chi connectivity index (χ4n) is 19.2. The van der Waals surface area contributed by atoms with E-state index >= 15 is 0 Å². The number of aliphatic carboxylic acids is 1. The Labute approximate surface area is 483 Å². The largest absolute Gasteiger partial charge is 0.481 e. The zero-order valence-electron chi connectivity index (χ0n) is 47.5. The lowest BCUT2D eigenvalue weighted by Crippen LogP contribution is -2.62. The van der Waals surface area contributed by atoms with Crippen molar-refractivity contribution in [2.75, 3.05) is 13.2 Å². The maximum atomic E-state index is 12.4. The molecule has 8 saturated carbocycles. The monoisotopic (exact) mass is 1150 g/mol. The van der Waals surface area contributed by atoms with E-state index in [1.54, 1.807) is 0 Å². The highest BCUT2D eigenvalue weighted by atomic mass is 16.7. The van der Waals surface area contributed by atoms with Gasteiger partial charge in [0.05, 0.1) is 36.6 Å². The number of carboxylic acids is 1. The summed E-state index contributed by atoms with van der Waals surface area (Å²) in [7, 11) is 0. The molecule has 3 heterocycles. The molecule has 3 saturated heterocycles. The molecule has 22 atom stereocenters. The van der Waals surface area contributed by atoms with Gasteiger partial charge in [0.25, 0.3) is 23.6 Å². The van der Waals surface area contributed by atoms with E-state index in [2.05, 4.69) is 41.5 Å². The first-order valence-electron chi connectivity index (χ1n) is 30.3. The molecule has 8 aliphatic carbocycles. The van der Waals surface area contributed by atoms with Crippen molar-refractivity contribution in [1.29, 1.82) is 0 Å². The number of carbonyl (C=O) groups is 6. The number of rotatable bonds is 9. The summed E-state index contributed by atoms with van der Waals surface area (Å²) >= 11 is 0. The molecule has 81 heavy (non-hydrogen) atoms. The van der Waals surface area contributed by atoms with Crippen LogP contribution in [0.5, 0.6) is 0 Å². The highest BCUT2D eigenvalue weighted by molar-refractivity contribution is 6.01. The van der Waals surface area contributed by atoms with Crippen LogP contribution in [0, 0.1) is 92.7 Å². The molecule has 0 aromatic rings. The van der Waals surface area contributed by atoms with Crippen LogP contribution in [0.1, 0.15) is 218 Å². The molecule has 0 spiro atoms. The average Bonchev–Trinajstić information content (AvgIpc) is 3.74. The summed E-state index contributed by atoms with van der Waals surface area (Å²) in [6.45, 7) is 15.4. The van der Waals surface area contributed by atoms with E-state index in [0.717, 1.165) is 96.7 Å². The van der Waals surface area contributed by atoms with E-state index in [-0.39, 0.29) is 147 Å². The number of carbonyl (C=O) groups excluding carboxylic acids is 5. The maximum absolute atomic E-state index is 12.4. The normalized spacial score (nSPS) is 43.4. The molecule has 11 rings (SSSR count). The number of amides is 4. The van der Waals surface area contributed by atoms with Crippen LogP contribution in [-0.4, -0.2) is 136 Å². The Hall–Kier alpha value is -3.10. The van der Waals surface area contributed by atoms with Crippen molar-refractivity contribution in [3.63, 3.8) is 0 Å². The van der Waals surface area contributed by atoms with Crippen LogP contribution in [0.15, 0.2) is 0 Å². The minimum atomic E-state index is -0.748. The SMILES string of the molecule is C.C.C.C1CCOC1.C[C@H](CCC(=O)O)C1CC[C@H]2[C@@H]3C(C[C@@H](O)C12C)C1(C)CC[C@@H](O)C[C@@H]1C[C@@H]3O.C[C@H](CCC(=O)ON1C(=O)CCC1=O)C1CC[C@H]2[C@@H]3C(C[C@@H](O)C12C)C1(C)CC[C@@H](O)C[C@@H]1C[C@@H]3O.O=C1CCC(=O)N1O. The van der Waals surface area contributed by atoms with Crippen LogP contribution in [-0.2, 0) is 38.3 Å². The fourth-order valence-corrected chi connectivity index (χ4v) is 19.2. The van der Waals surface area contributed by atoms with Gasteiger partial charge in [-0.05, 0) is 208 Å². The van der Waals surface area contributed by atoms with Gasteiger partial charge in [0, 0.05) is 51.7 Å². The summed E-state index contributed by atoms with van der Waals surface area (Å²) in [5.74, 6) is -0.224. The van der Waals surface area contributed by atoms with Crippen molar-refractivity contribution < 1.29 is 79.3 Å². The van der Waals surface area contributed by atoms with Crippen molar-refractivity contribution in [2.24, 2.45) is 92.7 Å². The molecule has 18 heteroatoms. The lowest BCUT2D eigenvalue weighted by Gasteiger charge is -2.63. The standard InChI is InChI=1S/C28H43NO7.C24H40O5.C4H5NO3.C4H8O.3CH4/c1-15(4-9-25(35)36-29-23(33)7-8-24(29)34)18-5-6-19-26-20(14-22(32)28(18,19)3)27(2)11-10-17(30)12-16(27)13-21(26)31;1-13(4-7-21(28)29)16-5-6-17-22-18(12-20(27)24(16,17)3)23(2)9-8-15(25)10-14(23)11-19(22)26;6-3-1-2-4(7)5(3)8;1-2-4-5-3-1;;;/h15-22,26,30-32H,4-14H2,1-3H3;13-20,22,25-27H,4-12H2,1-3H3,(H,28,29);8H,1-2H2;1-4H2;3*1H4/t15-,16-,17-,18?,19+,20?,21+,22-,26-,27?,28?;13-,14-,15-,16?,17+,18?,19+,20-,22-,23?,24?;;;;;/m11...../s1. The average molecular weight is 1150 g/mol. The Balaban J connectivity index is 0.000000238. The third-order valence-electron chi connectivity index (χ3n) is 23.7. The van der Waals surface area contributed by atoms with Gasteiger partial charge in [-0.3, -0.25) is 29.2 Å². The zero-order valence-corrected chi connectivity index (χ0v) is 47.5. The highest BCUT2D eigenvalue weighted by Crippen LogP contribution is 2.70. The molecule has 0 aromatic carbocycles. The fraction of sp³-hybridized carbons (Fsp3) is 0.905. The summed E-state index contributed by atoms with van der Waals surface area (Å²) in [5.41, 5.74) is -0.428. The van der Waals surface area contributed by atoms with Crippen molar-refractivity contribution in [1.82, 2.24) is 10.1 Å². The molecule has 8 unspecified atom stereocenters. The first-order chi connectivity index (χ1) is 36.8. The molecule has 0 radical (unpaired) electrons. The number of ether oxygens (including phenoxy) is 1.